The van der Waals surface area contributed by atoms with E-state index in [-0.39, 0.29) is 0 Å². The van der Waals surface area contributed by atoms with Gasteiger partial charge < -0.3 is 5.11 Å². The maximum atomic E-state index is 9.62. The van der Waals surface area contributed by atoms with Gasteiger partial charge in [0.25, 0.3) is 0 Å². The molecule has 1 atom stereocenters. The molecule has 0 bridgehead atoms. The highest BCUT2D eigenvalue weighted by atomic mass is 16.3. The highest BCUT2D eigenvalue weighted by Crippen LogP contribution is 2.44. The van der Waals surface area contributed by atoms with Crippen LogP contribution in [-0.2, 0) is 0 Å². The molecule has 1 fully saturated rings. The van der Waals surface area contributed by atoms with E-state index in [0.29, 0.717) is 5.76 Å². The van der Waals surface area contributed by atoms with E-state index in [1.165, 1.54) is 49.7 Å². The first-order valence-electron chi connectivity index (χ1n) is 6.15. The van der Waals surface area contributed by atoms with Crippen molar-refractivity contribution in [2.75, 3.05) is 0 Å². The minimum absolute atomic E-state index is 0.549. The van der Waals surface area contributed by atoms with Gasteiger partial charge in [-0.15, -0.1) is 0 Å². The lowest BCUT2D eigenvalue weighted by Gasteiger charge is -2.35. The van der Waals surface area contributed by atoms with E-state index in [0.717, 1.165) is 12.3 Å². The molecule has 0 aromatic rings. The van der Waals surface area contributed by atoms with Crippen LogP contribution in [0.1, 0.15) is 44.9 Å². The monoisotopic (exact) mass is 202 g/mol. The summed E-state index contributed by atoms with van der Waals surface area (Å²) in [4.78, 5) is 0. The summed E-state index contributed by atoms with van der Waals surface area (Å²) in [6.07, 6.45) is 12.8. The van der Waals surface area contributed by atoms with E-state index in [1.54, 1.807) is 5.57 Å². The van der Waals surface area contributed by atoms with Crippen molar-refractivity contribution in [2.24, 2.45) is 5.92 Å². The molecule has 1 saturated carbocycles. The standard InChI is InChI=1S/C14H18O/c15-12-8-7-11-6-5-10-3-1-2-4-13(10)14(11)9-12/h7-8,10,15H,1-6,9H2. The fourth-order valence-electron chi connectivity index (χ4n) is 3.34. The molecule has 1 heteroatoms. The van der Waals surface area contributed by atoms with Crippen molar-refractivity contribution in [3.05, 3.63) is 34.6 Å². The second-order valence-electron chi connectivity index (χ2n) is 5.01. The lowest BCUT2D eigenvalue weighted by atomic mass is 9.71. The van der Waals surface area contributed by atoms with Crippen molar-refractivity contribution in [3.8, 4) is 0 Å². The smallest absolute Gasteiger partial charge is 0.0966 e. The summed E-state index contributed by atoms with van der Waals surface area (Å²) in [7, 11) is 0. The van der Waals surface area contributed by atoms with Gasteiger partial charge in [0, 0.05) is 6.42 Å². The summed E-state index contributed by atoms with van der Waals surface area (Å²) in [5, 5.41) is 9.62. The highest BCUT2D eigenvalue weighted by molar-refractivity contribution is 5.46. The molecule has 1 nitrogen and oxygen atoms in total. The largest absolute Gasteiger partial charge is 0.512 e. The van der Waals surface area contributed by atoms with Crippen molar-refractivity contribution in [3.63, 3.8) is 0 Å². The fraction of sp³-hybridized carbons (Fsp3) is 0.571. The van der Waals surface area contributed by atoms with Crippen LogP contribution in [0.15, 0.2) is 34.6 Å². The molecule has 0 saturated heterocycles. The van der Waals surface area contributed by atoms with Crippen LogP contribution in [0.3, 0.4) is 0 Å². The van der Waals surface area contributed by atoms with Crippen LogP contribution < -0.4 is 0 Å². The highest BCUT2D eigenvalue weighted by Gasteiger charge is 2.28. The van der Waals surface area contributed by atoms with E-state index < -0.39 is 0 Å². The predicted octanol–water partition coefficient (Wildman–Crippen LogP) is 4.04. The molecule has 0 amide bonds. The number of rotatable bonds is 0. The zero-order valence-electron chi connectivity index (χ0n) is 9.13. The third kappa shape index (κ3) is 1.54. The van der Waals surface area contributed by atoms with Crippen molar-refractivity contribution in [2.45, 2.75) is 44.9 Å². The minimum Gasteiger partial charge on any atom is -0.512 e. The zero-order valence-corrected chi connectivity index (χ0v) is 9.13. The third-order valence-electron chi connectivity index (χ3n) is 4.11. The number of aliphatic hydroxyl groups is 1. The quantitative estimate of drug-likeness (QED) is 0.628. The molecule has 0 radical (unpaired) electrons. The van der Waals surface area contributed by atoms with E-state index in [2.05, 4.69) is 6.08 Å². The Hall–Kier alpha value is -0.980. The first-order valence-corrected chi connectivity index (χ1v) is 6.15. The van der Waals surface area contributed by atoms with Crippen molar-refractivity contribution >= 4 is 0 Å². The minimum atomic E-state index is 0.549. The van der Waals surface area contributed by atoms with Crippen molar-refractivity contribution < 1.29 is 5.11 Å². The van der Waals surface area contributed by atoms with Crippen LogP contribution in [-0.4, -0.2) is 5.11 Å². The Morgan fingerprint density at radius 1 is 1.07 bits per heavy atom. The maximum Gasteiger partial charge on any atom is 0.0966 e. The summed E-state index contributed by atoms with van der Waals surface area (Å²) in [6.45, 7) is 0. The molecule has 0 aliphatic heterocycles. The Kier molecular flexibility index (Phi) is 2.19. The predicted molar refractivity (Wildman–Crippen MR) is 61.6 cm³/mol. The van der Waals surface area contributed by atoms with Gasteiger partial charge in [0.2, 0.25) is 0 Å². The Morgan fingerprint density at radius 3 is 2.93 bits per heavy atom. The lowest BCUT2D eigenvalue weighted by Crippen LogP contribution is -2.19. The zero-order chi connectivity index (χ0) is 10.3. The second kappa shape index (κ2) is 3.55. The van der Waals surface area contributed by atoms with Crippen LogP contribution in [0, 0.1) is 5.92 Å². The molecule has 0 heterocycles. The van der Waals surface area contributed by atoms with E-state index in [4.69, 9.17) is 0 Å². The van der Waals surface area contributed by atoms with Crippen LogP contribution in [0.25, 0.3) is 0 Å². The van der Waals surface area contributed by atoms with E-state index >= 15 is 0 Å². The first-order chi connectivity index (χ1) is 7.34. The van der Waals surface area contributed by atoms with Crippen LogP contribution >= 0.6 is 0 Å². The SMILES string of the molecule is OC1=CC=C2CCC3CCCCC3=C2C1. The molecule has 1 N–H and O–H groups in total. The van der Waals surface area contributed by atoms with Crippen molar-refractivity contribution in [1.29, 1.82) is 0 Å². The molecule has 1 unspecified atom stereocenters. The van der Waals surface area contributed by atoms with Gasteiger partial charge in [-0.1, -0.05) is 18.1 Å². The van der Waals surface area contributed by atoms with Gasteiger partial charge in [-0.2, -0.15) is 0 Å². The van der Waals surface area contributed by atoms with Crippen LogP contribution in [0.4, 0.5) is 0 Å². The van der Waals surface area contributed by atoms with Crippen molar-refractivity contribution in [1.82, 2.24) is 0 Å². The van der Waals surface area contributed by atoms with E-state index in [1.807, 2.05) is 6.08 Å². The second-order valence-corrected chi connectivity index (χ2v) is 5.01. The molecular weight excluding hydrogens is 184 g/mol. The Labute approximate surface area is 91.2 Å². The summed E-state index contributed by atoms with van der Waals surface area (Å²) in [6, 6.07) is 0. The topological polar surface area (TPSA) is 20.2 Å². The first kappa shape index (κ1) is 9.26. The molecule has 3 aliphatic carbocycles. The van der Waals surface area contributed by atoms with Gasteiger partial charge in [0.1, 0.15) is 0 Å². The third-order valence-corrected chi connectivity index (χ3v) is 4.11. The molecular formula is C14H18O. The van der Waals surface area contributed by atoms with Gasteiger partial charge in [-0.3, -0.25) is 0 Å². The molecule has 80 valence electrons. The summed E-state index contributed by atoms with van der Waals surface area (Å²) in [5.41, 5.74) is 4.67. The van der Waals surface area contributed by atoms with Gasteiger partial charge in [-0.25, -0.2) is 0 Å². The number of allylic oxidation sites excluding steroid dienone is 5. The molecule has 0 spiro atoms. The van der Waals surface area contributed by atoms with Gasteiger partial charge >= 0.3 is 0 Å². The molecule has 15 heavy (non-hydrogen) atoms. The molecule has 0 aromatic heterocycles. The van der Waals surface area contributed by atoms with Gasteiger partial charge in [0.15, 0.2) is 0 Å². The average Bonchev–Trinajstić information content (AvgIpc) is 2.29. The number of hydrogen-bond donors (Lipinski definition) is 1. The van der Waals surface area contributed by atoms with Gasteiger partial charge in [0.05, 0.1) is 5.76 Å². The summed E-state index contributed by atoms with van der Waals surface area (Å²) < 4.78 is 0. The normalized spacial score (nSPS) is 30.3. The fourth-order valence-corrected chi connectivity index (χ4v) is 3.34. The lowest BCUT2D eigenvalue weighted by molar-refractivity contribution is 0.380. The van der Waals surface area contributed by atoms with Crippen LogP contribution in [0.2, 0.25) is 0 Å². The van der Waals surface area contributed by atoms with Crippen LogP contribution in [0.5, 0.6) is 0 Å². The maximum absolute atomic E-state index is 9.62. The Bertz CT molecular complexity index is 371. The Balaban J connectivity index is 2.01. The van der Waals surface area contributed by atoms with E-state index in [9.17, 15) is 5.11 Å². The number of aliphatic hydroxyl groups excluding tert-OH is 1. The summed E-state index contributed by atoms with van der Waals surface area (Å²) in [5.74, 6) is 1.39. The molecule has 0 aromatic carbocycles. The number of hydrogen-bond acceptors (Lipinski definition) is 1. The number of fused-ring (bicyclic) bond motifs is 2. The Morgan fingerprint density at radius 2 is 2.00 bits per heavy atom. The summed E-state index contributed by atoms with van der Waals surface area (Å²) >= 11 is 0. The van der Waals surface area contributed by atoms with Gasteiger partial charge in [-0.05, 0) is 55.2 Å². The average molecular weight is 202 g/mol. The molecule has 3 aliphatic rings. The molecule has 3 rings (SSSR count).